The Hall–Kier alpha value is -2.77. The summed E-state index contributed by atoms with van der Waals surface area (Å²) in [7, 11) is 0. The molecular weight excluding hydrogens is 322 g/mol. The highest BCUT2D eigenvalue weighted by Gasteiger charge is 2.26. The van der Waals surface area contributed by atoms with E-state index in [9.17, 15) is 18.4 Å². The lowest BCUT2D eigenvalue weighted by molar-refractivity contribution is -0.123. The van der Waals surface area contributed by atoms with Gasteiger partial charge in [-0.2, -0.15) is 0 Å². The van der Waals surface area contributed by atoms with Gasteiger partial charge in [-0.1, -0.05) is 18.1 Å². The van der Waals surface area contributed by atoms with Gasteiger partial charge >= 0.3 is 5.97 Å². The fourth-order valence-electron chi connectivity index (χ4n) is 2.04. The molecule has 0 aliphatic carbocycles. The number of nitrogens with one attached hydrogen (secondary N) is 1. The highest BCUT2D eigenvalue weighted by atomic mass is 19.1. The van der Waals surface area contributed by atoms with Crippen molar-refractivity contribution in [3.63, 3.8) is 0 Å². The van der Waals surface area contributed by atoms with Crippen LogP contribution >= 0.6 is 0 Å². The van der Waals surface area contributed by atoms with Crippen molar-refractivity contribution in [2.45, 2.75) is 33.3 Å². The number of hydrogen-bond acceptors (Lipinski definition) is 5. The summed E-state index contributed by atoms with van der Waals surface area (Å²) in [6.07, 6.45) is -0.821. The van der Waals surface area contributed by atoms with Gasteiger partial charge in [-0.3, -0.25) is 4.79 Å². The topological polar surface area (TPSA) is 81.4 Å². The molecular formula is C16H16F2N2O4. The summed E-state index contributed by atoms with van der Waals surface area (Å²) in [6.45, 7) is 4.62. The zero-order chi connectivity index (χ0) is 17.9. The minimum Gasteiger partial charge on any atom is -0.449 e. The maximum Gasteiger partial charge on any atom is 0.344 e. The first-order valence-corrected chi connectivity index (χ1v) is 7.26. The van der Waals surface area contributed by atoms with E-state index < -0.39 is 35.3 Å². The number of carbonyl (C=O) groups excluding carboxylic acids is 2. The molecule has 1 aromatic carbocycles. The molecule has 1 heterocycles. The van der Waals surface area contributed by atoms with Crippen molar-refractivity contribution in [3.05, 3.63) is 46.9 Å². The molecule has 6 nitrogen and oxygen atoms in total. The Kier molecular flexibility index (Phi) is 5.28. The van der Waals surface area contributed by atoms with Crippen LogP contribution in [0, 0.1) is 18.6 Å². The summed E-state index contributed by atoms with van der Waals surface area (Å²) < 4.78 is 37.0. The molecule has 1 amide bonds. The average Bonchev–Trinajstić information content (AvgIpc) is 2.91. The van der Waals surface area contributed by atoms with Crippen LogP contribution in [0.2, 0.25) is 0 Å². The van der Waals surface area contributed by atoms with Gasteiger partial charge in [-0.25, -0.2) is 13.6 Å². The van der Waals surface area contributed by atoms with E-state index in [-0.39, 0.29) is 11.3 Å². The van der Waals surface area contributed by atoms with E-state index >= 15 is 0 Å². The van der Waals surface area contributed by atoms with E-state index in [1.54, 1.807) is 13.8 Å². The van der Waals surface area contributed by atoms with E-state index in [0.717, 1.165) is 12.1 Å². The number of carbonyl (C=O) groups is 2. The van der Waals surface area contributed by atoms with Gasteiger partial charge in [-0.05, 0) is 32.4 Å². The van der Waals surface area contributed by atoms with Gasteiger partial charge < -0.3 is 14.6 Å². The number of esters is 1. The molecule has 1 aromatic heterocycles. The molecule has 8 heteroatoms. The first-order chi connectivity index (χ1) is 11.3. The number of amides is 1. The molecule has 1 atom stereocenters. The zero-order valence-corrected chi connectivity index (χ0v) is 13.4. The average molecular weight is 338 g/mol. The number of benzene rings is 1. The molecule has 0 aliphatic rings. The quantitative estimate of drug-likeness (QED) is 0.848. The summed E-state index contributed by atoms with van der Waals surface area (Å²) in [6, 6.07) is 3.18. The molecule has 1 N–H and O–H groups in total. The predicted molar refractivity (Wildman–Crippen MR) is 80.5 cm³/mol. The predicted octanol–water partition coefficient (Wildman–Crippen LogP) is 3.01. The van der Waals surface area contributed by atoms with Crippen molar-refractivity contribution in [2.75, 3.05) is 5.32 Å². The lowest BCUT2D eigenvalue weighted by Gasteiger charge is -2.14. The van der Waals surface area contributed by atoms with Gasteiger partial charge in [-0.15, -0.1) is 0 Å². The fraction of sp³-hybridized carbons (Fsp3) is 0.312. The minimum atomic E-state index is -1.27. The van der Waals surface area contributed by atoms with Crippen LogP contribution in [0.25, 0.3) is 0 Å². The maximum absolute atomic E-state index is 13.5. The Morgan fingerprint density at radius 3 is 2.54 bits per heavy atom. The first kappa shape index (κ1) is 17.6. The second kappa shape index (κ2) is 7.20. The van der Waals surface area contributed by atoms with E-state index in [1.165, 1.54) is 13.0 Å². The van der Waals surface area contributed by atoms with Crippen LogP contribution in [-0.4, -0.2) is 23.1 Å². The third-order valence-electron chi connectivity index (χ3n) is 3.34. The van der Waals surface area contributed by atoms with E-state index in [0.29, 0.717) is 12.1 Å². The molecule has 0 aliphatic heterocycles. The van der Waals surface area contributed by atoms with E-state index in [1.807, 2.05) is 0 Å². The lowest BCUT2D eigenvalue weighted by Crippen LogP contribution is -2.31. The molecule has 0 saturated heterocycles. The highest BCUT2D eigenvalue weighted by Crippen LogP contribution is 2.19. The summed E-state index contributed by atoms with van der Waals surface area (Å²) in [4.78, 5) is 24.2. The van der Waals surface area contributed by atoms with Crippen molar-refractivity contribution in [3.8, 4) is 0 Å². The number of anilines is 1. The summed E-state index contributed by atoms with van der Waals surface area (Å²) in [5.74, 6) is -3.23. The van der Waals surface area contributed by atoms with Gasteiger partial charge in [0.05, 0.1) is 5.69 Å². The molecule has 0 saturated carbocycles. The second-order valence-electron chi connectivity index (χ2n) is 5.05. The fourth-order valence-corrected chi connectivity index (χ4v) is 2.04. The third kappa shape index (κ3) is 3.58. The Bertz CT molecular complexity index is 753. The van der Waals surface area contributed by atoms with Crippen molar-refractivity contribution in [1.29, 1.82) is 0 Å². The Morgan fingerprint density at radius 2 is 1.96 bits per heavy atom. The Labute approximate surface area is 136 Å². The minimum absolute atomic E-state index is 0.147. The normalized spacial score (nSPS) is 11.9. The van der Waals surface area contributed by atoms with E-state index in [2.05, 4.69) is 10.5 Å². The van der Waals surface area contributed by atoms with Crippen LogP contribution in [0.5, 0.6) is 0 Å². The summed E-state index contributed by atoms with van der Waals surface area (Å²) in [5.41, 5.74) is -0.0414. The lowest BCUT2D eigenvalue weighted by atomic mass is 10.1. The smallest absolute Gasteiger partial charge is 0.344 e. The van der Waals surface area contributed by atoms with Crippen molar-refractivity contribution < 1.29 is 27.6 Å². The number of aryl methyl sites for hydroxylation is 2. The Morgan fingerprint density at radius 1 is 1.33 bits per heavy atom. The SMILES string of the molecule is CCc1noc(C)c1C(=O)O[C@H](C)C(=O)Nc1c(F)cccc1F. The molecule has 128 valence electrons. The highest BCUT2D eigenvalue weighted by molar-refractivity contribution is 5.98. The van der Waals surface area contributed by atoms with Gasteiger partial charge in [0.25, 0.3) is 5.91 Å². The third-order valence-corrected chi connectivity index (χ3v) is 3.34. The summed E-state index contributed by atoms with van der Waals surface area (Å²) in [5, 5.41) is 5.79. The van der Waals surface area contributed by atoms with Gasteiger partial charge in [0.1, 0.15) is 28.6 Å². The summed E-state index contributed by atoms with van der Waals surface area (Å²) >= 11 is 0. The zero-order valence-electron chi connectivity index (χ0n) is 13.4. The number of ether oxygens (including phenoxy) is 1. The van der Waals surface area contributed by atoms with Gasteiger partial charge in [0.15, 0.2) is 6.10 Å². The number of halogens is 2. The van der Waals surface area contributed by atoms with Crippen molar-refractivity contribution in [1.82, 2.24) is 5.16 Å². The number of rotatable bonds is 5. The molecule has 0 radical (unpaired) electrons. The molecule has 0 fully saturated rings. The van der Waals surface area contributed by atoms with Crippen LogP contribution in [0.1, 0.15) is 35.7 Å². The van der Waals surface area contributed by atoms with Crippen LogP contribution in [-0.2, 0) is 16.0 Å². The number of nitrogens with zero attached hydrogens (tertiary/aromatic N) is 1. The van der Waals surface area contributed by atoms with Crippen molar-refractivity contribution >= 4 is 17.6 Å². The molecule has 2 rings (SSSR count). The molecule has 0 spiro atoms. The molecule has 24 heavy (non-hydrogen) atoms. The maximum atomic E-state index is 13.5. The van der Waals surface area contributed by atoms with Crippen LogP contribution < -0.4 is 5.32 Å². The standard InChI is InChI=1S/C16H16F2N2O4/c1-4-12-13(8(2)24-20-12)16(22)23-9(3)15(21)19-14-10(17)6-5-7-11(14)18/h5-7,9H,4H2,1-3H3,(H,19,21)/t9-/m1/s1. The van der Waals surface area contributed by atoms with Crippen LogP contribution in [0.15, 0.2) is 22.7 Å². The first-order valence-electron chi connectivity index (χ1n) is 7.26. The largest absolute Gasteiger partial charge is 0.449 e. The molecule has 0 unspecified atom stereocenters. The monoisotopic (exact) mass is 338 g/mol. The second-order valence-corrected chi connectivity index (χ2v) is 5.05. The number of para-hydroxylation sites is 1. The Balaban J connectivity index is 2.09. The van der Waals surface area contributed by atoms with Crippen molar-refractivity contribution in [2.24, 2.45) is 0 Å². The van der Waals surface area contributed by atoms with Gasteiger partial charge in [0.2, 0.25) is 0 Å². The van der Waals surface area contributed by atoms with Crippen LogP contribution in [0.3, 0.4) is 0 Å². The number of aromatic nitrogens is 1. The molecule has 2 aromatic rings. The number of hydrogen-bond donors (Lipinski definition) is 1. The van der Waals surface area contributed by atoms with Crippen LogP contribution in [0.4, 0.5) is 14.5 Å². The molecule has 0 bridgehead atoms. The van der Waals surface area contributed by atoms with Gasteiger partial charge in [0, 0.05) is 0 Å². The van der Waals surface area contributed by atoms with E-state index in [4.69, 9.17) is 9.26 Å².